The number of imidazole rings is 1. The van der Waals surface area contributed by atoms with Crippen LogP contribution in [0.4, 0.5) is 5.95 Å². The van der Waals surface area contributed by atoms with Gasteiger partial charge >= 0.3 is 0 Å². The number of carbonyl (C=O) groups excluding carboxylic acids is 1. The maximum atomic E-state index is 11.7. The molecule has 0 radical (unpaired) electrons. The van der Waals surface area contributed by atoms with Gasteiger partial charge in [0.05, 0.1) is 17.1 Å². The van der Waals surface area contributed by atoms with E-state index in [2.05, 4.69) is 15.3 Å². The lowest BCUT2D eigenvalue weighted by Crippen LogP contribution is -2.15. The Hall–Kier alpha value is -1.88. The van der Waals surface area contributed by atoms with Gasteiger partial charge in [0.1, 0.15) is 0 Å². The Kier molecular flexibility index (Phi) is 3.94. The molecule has 18 heavy (non-hydrogen) atoms. The first-order valence-corrected chi connectivity index (χ1v) is 5.96. The smallest absolute Gasteiger partial charge is 0.226 e. The fraction of sp³-hybridized carbons (Fsp3) is 0.385. The molecule has 5 heteroatoms. The summed E-state index contributed by atoms with van der Waals surface area (Å²) in [5, 5.41) is 2.75. The van der Waals surface area contributed by atoms with E-state index in [-0.39, 0.29) is 12.0 Å². The summed E-state index contributed by atoms with van der Waals surface area (Å²) in [7, 11) is 1.64. The van der Waals surface area contributed by atoms with E-state index < -0.39 is 0 Å². The number of hydrogen-bond donors (Lipinski definition) is 2. The zero-order valence-electron chi connectivity index (χ0n) is 10.6. The monoisotopic (exact) mass is 247 g/mol. The summed E-state index contributed by atoms with van der Waals surface area (Å²) >= 11 is 0. The molecule has 1 heterocycles. The number of aromatic nitrogens is 2. The molecule has 0 saturated heterocycles. The minimum absolute atomic E-state index is 0.0574. The van der Waals surface area contributed by atoms with E-state index >= 15 is 0 Å². The first-order chi connectivity index (χ1) is 8.69. The standard InChI is InChI=1S/C13H17N3O2/c1-9(18-2)7-8-12(17)16-13-14-10-5-3-4-6-11(10)15-13/h3-6,9H,7-8H2,1-2H3,(H2,14,15,16,17). The Morgan fingerprint density at radius 2 is 2.28 bits per heavy atom. The average Bonchev–Trinajstić information content (AvgIpc) is 2.77. The van der Waals surface area contributed by atoms with Gasteiger partial charge in [-0.1, -0.05) is 12.1 Å². The minimum Gasteiger partial charge on any atom is -0.382 e. The van der Waals surface area contributed by atoms with Crippen LogP contribution < -0.4 is 5.32 Å². The maximum absolute atomic E-state index is 11.7. The minimum atomic E-state index is -0.0574. The number of para-hydroxylation sites is 2. The van der Waals surface area contributed by atoms with Crippen LogP contribution in [0.5, 0.6) is 0 Å². The quantitative estimate of drug-likeness (QED) is 0.852. The van der Waals surface area contributed by atoms with Gasteiger partial charge in [-0.25, -0.2) is 4.98 Å². The number of H-pyrrole nitrogens is 1. The number of hydrogen-bond acceptors (Lipinski definition) is 3. The normalized spacial score (nSPS) is 12.6. The van der Waals surface area contributed by atoms with E-state index in [4.69, 9.17) is 4.74 Å². The van der Waals surface area contributed by atoms with Crippen LogP contribution in [-0.2, 0) is 9.53 Å². The van der Waals surface area contributed by atoms with Crippen LogP contribution in [0, 0.1) is 0 Å². The molecule has 0 saturated carbocycles. The van der Waals surface area contributed by atoms with Crippen molar-refractivity contribution in [3.05, 3.63) is 24.3 Å². The average molecular weight is 247 g/mol. The Morgan fingerprint density at radius 3 is 3.00 bits per heavy atom. The van der Waals surface area contributed by atoms with E-state index in [0.29, 0.717) is 18.8 Å². The number of amides is 1. The number of nitrogens with zero attached hydrogens (tertiary/aromatic N) is 1. The molecule has 1 unspecified atom stereocenters. The van der Waals surface area contributed by atoms with Crippen molar-refractivity contribution in [1.82, 2.24) is 9.97 Å². The van der Waals surface area contributed by atoms with Crippen molar-refractivity contribution in [2.75, 3.05) is 12.4 Å². The summed E-state index contributed by atoms with van der Waals surface area (Å²) < 4.78 is 5.10. The molecule has 0 aliphatic heterocycles. The molecule has 2 N–H and O–H groups in total. The third-order valence-electron chi connectivity index (χ3n) is 2.83. The molecule has 1 amide bonds. The van der Waals surface area contributed by atoms with Gasteiger partial charge in [-0.15, -0.1) is 0 Å². The van der Waals surface area contributed by atoms with Crippen molar-refractivity contribution in [2.45, 2.75) is 25.9 Å². The summed E-state index contributed by atoms with van der Waals surface area (Å²) in [6, 6.07) is 7.65. The molecule has 0 aliphatic rings. The molecular formula is C13H17N3O2. The zero-order chi connectivity index (χ0) is 13.0. The summed E-state index contributed by atoms with van der Waals surface area (Å²) in [6.45, 7) is 1.94. The van der Waals surface area contributed by atoms with Gasteiger partial charge in [0, 0.05) is 13.5 Å². The molecule has 0 bridgehead atoms. The number of anilines is 1. The van der Waals surface area contributed by atoms with E-state index in [0.717, 1.165) is 11.0 Å². The summed E-state index contributed by atoms with van der Waals surface area (Å²) in [5.74, 6) is 0.434. The van der Waals surface area contributed by atoms with Crippen LogP contribution in [0.15, 0.2) is 24.3 Å². The van der Waals surface area contributed by atoms with Gasteiger partial charge in [0.25, 0.3) is 0 Å². The fourth-order valence-corrected chi connectivity index (χ4v) is 1.66. The topological polar surface area (TPSA) is 67.0 Å². The number of rotatable bonds is 5. The number of carbonyl (C=O) groups is 1. The molecule has 2 aromatic rings. The molecule has 5 nitrogen and oxygen atoms in total. The lowest BCUT2D eigenvalue weighted by atomic mass is 10.2. The SMILES string of the molecule is COC(C)CCC(=O)Nc1nc2ccccc2[nH]1. The van der Waals surface area contributed by atoms with E-state index in [1.165, 1.54) is 0 Å². The Balaban J connectivity index is 1.94. The third-order valence-corrected chi connectivity index (χ3v) is 2.83. The lowest BCUT2D eigenvalue weighted by molar-refractivity contribution is -0.116. The van der Waals surface area contributed by atoms with Crippen LogP contribution in [0.2, 0.25) is 0 Å². The molecule has 1 aromatic heterocycles. The molecule has 0 aliphatic carbocycles. The second kappa shape index (κ2) is 5.64. The Labute approximate surface area is 106 Å². The zero-order valence-corrected chi connectivity index (χ0v) is 10.6. The number of aromatic amines is 1. The molecular weight excluding hydrogens is 230 g/mol. The summed E-state index contributed by atoms with van der Waals surface area (Å²) in [6.07, 6.45) is 1.21. The highest BCUT2D eigenvalue weighted by atomic mass is 16.5. The van der Waals surface area contributed by atoms with Crippen LogP contribution in [0.3, 0.4) is 0 Å². The summed E-state index contributed by atoms with van der Waals surface area (Å²) in [5.41, 5.74) is 1.76. The molecule has 1 atom stereocenters. The van der Waals surface area contributed by atoms with Crippen LogP contribution in [0.25, 0.3) is 11.0 Å². The van der Waals surface area contributed by atoms with Gasteiger partial charge in [-0.3, -0.25) is 10.1 Å². The molecule has 1 aromatic carbocycles. The number of methoxy groups -OCH3 is 1. The van der Waals surface area contributed by atoms with Gasteiger partial charge in [-0.2, -0.15) is 0 Å². The van der Waals surface area contributed by atoms with E-state index in [1.54, 1.807) is 7.11 Å². The van der Waals surface area contributed by atoms with Crippen molar-refractivity contribution in [3.63, 3.8) is 0 Å². The lowest BCUT2D eigenvalue weighted by Gasteiger charge is -2.07. The highest BCUT2D eigenvalue weighted by molar-refractivity contribution is 5.91. The first kappa shape index (κ1) is 12.6. The van der Waals surface area contributed by atoms with Gasteiger partial charge < -0.3 is 9.72 Å². The highest BCUT2D eigenvalue weighted by Crippen LogP contribution is 2.13. The first-order valence-electron chi connectivity index (χ1n) is 5.96. The second-order valence-electron chi connectivity index (χ2n) is 4.24. The van der Waals surface area contributed by atoms with Crippen LogP contribution >= 0.6 is 0 Å². The second-order valence-corrected chi connectivity index (χ2v) is 4.24. The van der Waals surface area contributed by atoms with Gasteiger partial charge in [0.2, 0.25) is 11.9 Å². The largest absolute Gasteiger partial charge is 0.382 e. The molecule has 96 valence electrons. The number of nitrogens with one attached hydrogen (secondary N) is 2. The fourth-order valence-electron chi connectivity index (χ4n) is 1.66. The van der Waals surface area contributed by atoms with Crippen molar-refractivity contribution in [2.24, 2.45) is 0 Å². The maximum Gasteiger partial charge on any atom is 0.226 e. The van der Waals surface area contributed by atoms with Crippen LogP contribution in [-0.4, -0.2) is 29.1 Å². The van der Waals surface area contributed by atoms with Crippen molar-refractivity contribution in [3.8, 4) is 0 Å². The number of fused-ring (bicyclic) bond motifs is 1. The van der Waals surface area contributed by atoms with E-state index in [1.807, 2.05) is 31.2 Å². The predicted octanol–water partition coefficient (Wildman–Crippen LogP) is 2.32. The number of ether oxygens (including phenoxy) is 1. The van der Waals surface area contributed by atoms with E-state index in [9.17, 15) is 4.79 Å². The van der Waals surface area contributed by atoms with Gasteiger partial charge in [0.15, 0.2) is 0 Å². The predicted molar refractivity (Wildman–Crippen MR) is 70.4 cm³/mol. The van der Waals surface area contributed by atoms with Crippen molar-refractivity contribution < 1.29 is 9.53 Å². The van der Waals surface area contributed by atoms with Crippen LogP contribution in [0.1, 0.15) is 19.8 Å². The molecule has 2 rings (SSSR count). The Bertz CT molecular complexity index is 503. The molecule has 0 spiro atoms. The van der Waals surface area contributed by atoms with Crippen molar-refractivity contribution >= 4 is 22.9 Å². The highest BCUT2D eigenvalue weighted by Gasteiger charge is 2.08. The third kappa shape index (κ3) is 3.07. The molecule has 0 fully saturated rings. The van der Waals surface area contributed by atoms with Crippen molar-refractivity contribution in [1.29, 1.82) is 0 Å². The Morgan fingerprint density at radius 1 is 1.50 bits per heavy atom. The summed E-state index contributed by atoms with van der Waals surface area (Å²) in [4.78, 5) is 19.0. The number of benzene rings is 1. The van der Waals surface area contributed by atoms with Gasteiger partial charge in [-0.05, 0) is 25.5 Å².